The van der Waals surface area contributed by atoms with Crippen LogP contribution in [0, 0.1) is 10.1 Å². The van der Waals surface area contributed by atoms with Crippen molar-refractivity contribution in [3.63, 3.8) is 0 Å². The Morgan fingerprint density at radius 3 is 2.62 bits per heavy atom. The molecule has 2 aromatic carbocycles. The van der Waals surface area contributed by atoms with Crippen molar-refractivity contribution in [1.29, 1.82) is 0 Å². The molecule has 0 spiro atoms. The van der Waals surface area contributed by atoms with Gasteiger partial charge in [0.25, 0.3) is 5.69 Å². The lowest BCUT2D eigenvalue weighted by molar-refractivity contribution is -0.384. The molecule has 0 aliphatic rings. The van der Waals surface area contributed by atoms with Gasteiger partial charge in [-0.2, -0.15) is 0 Å². The van der Waals surface area contributed by atoms with E-state index in [4.69, 9.17) is 20.8 Å². The van der Waals surface area contributed by atoms with E-state index in [1.165, 1.54) is 49.3 Å². The average molecular weight is 461 g/mol. The highest BCUT2D eigenvalue weighted by atomic mass is 35.5. The summed E-state index contributed by atoms with van der Waals surface area (Å²) < 4.78 is 10.7. The quantitative estimate of drug-likeness (QED) is 0.336. The minimum atomic E-state index is -0.783. The second-order valence-electron chi connectivity index (χ2n) is 7.54. The Labute approximate surface area is 187 Å². The molecular weight excluding hydrogens is 440 g/mol. The number of carbonyl (C=O) groups is 1. The molecule has 32 heavy (non-hydrogen) atoms. The summed E-state index contributed by atoms with van der Waals surface area (Å²) in [5.74, 6) is 0.0236. The molecule has 10 heteroatoms. The van der Waals surface area contributed by atoms with E-state index in [2.05, 4.69) is 0 Å². The molecule has 1 N–H and O–H groups in total. The summed E-state index contributed by atoms with van der Waals surface area (Å²) in [6.45, 7) is 1.58. The summed E-state index contributed by atoms with van der Waals surface area (Å²) >= 11 is 6.32. The molecule has 0 saturated heterocycles. The second-order valence-corrected chi connectivity index (χ2v) is 7.95. The van der Waals surface area contributed by atoms with Crippen molar-refractivity contribution in [2.45, 2.75) is 25.9 Å². The van der Waals surface area contributed by atoms with Gasteiger partial charge in [-0.15, -0.1) is 0 Å². The van der Waals surface area contributed by atoms with Gasteiger partial charge in [-0.3, -0.25) is 10.1 Å². The Kier molecular flexibility index (Phi) is 6.81. The van der Waals surface area contributed by atoms with Crippen molar-refractivity contribution in [3.05, 3.63) is 78.6 Å². The molecule has 0 aliphatic heterocycles. The number of aliphatic hydroxyl groups excluding tert-OH is 1. The van der Waals surface area contributed by atoms with Gasteiger partial charge < -0.3 is 19.2 Å². The number of nitro benzene ring substituents is 1. The van der Waals surface area contributed by atoms with E-state index in [9.17, 15) is 24.8 Å². The van der Waals surface area contributed by atoms with Crippen molar-refractivity contribution in [1.82, 2.24) is 4.90 Å². The summed E-state index contributed by atoms with van der Waals surface area (Å²) in [5, 5.41) is 21.7. The number of carbonyl (C=O) groups excluding carboxylic acids is 1. The number of amides is 1. The summed E-state index contributed by atoms with van der Waals surface area (Å²) in [6, 6.07) is 8.80. The fourth-order valence-corrected chi connectivity index (χ4v) is 3.46. The van der Waals surface area contributed by atoms with Crippen molar-refractivity contribution >= 4 is 34.4 Å². The number of hydrogen-bond acceptors (Lipinski definition) is 7. The third-order valence-corrected chi connectivity index (χ3v) is 5.03. The first-order valence-corrected chi connectivity index (χ1v) is 10.0. The van der Waals surface area contributed by atoms with E-state index >= 15 is 0 Å². The number of non-ortho nitro benzene ring substituents is 1. The third kappa shape index (κ3) is 5.06. The zero-order chi connectivity index (χ0) is 23.6. The van der Waals surface area contributed by atoms with E-state index in [-0.39, 0.29) is 40.4 Å². The SMILES string of the molecule is CC(O)Cc1c(Cc2cccc([N+](=O)[O-])c2)c(=O)oc2cc(OC(=O)N(C)C)c(Cl)cc12. The van der Waals surface area contributed by atoms with Gasteiger partial charge in [-0.05, 0) is 30.5 Å². The molecule has 0 aliphatic carbocycles. The van der Waals surface area contributed by atoms with Crippen LogP contribution in [0.4, 0.5) is 10.5 Å². The zero-order valence-corrected chi connectivity index (χ0v) is 18.4. The fraction of sp³-hybridized carbons (Fsp3) is 0.273. The molecular formula is C22H21ClN2O7. The highest BCUT2D eigenvalue weighted by molar-refractivity contribution is 6.33. The lowest BCUT2D eigenvalue weighted by Crippen LogP contribution is -2.25. The Balaban J connectivity index is 2.15. The van der Waals surface area contributed by atoms with Crippen LogP contribution in [0.15, 0.2) is 45.6 Å². The van der Waals surface area contributed by atoms with Gasteiger partial charge in [0.15, 0.2) is 5.75 Å². The minimum Gasteiger partial charge on any atom is -0.422 e. The number of hydrogen-bond donors (Lipinski definition) is 1. The standard InChI is InChI=1S/C22H21ClN2O7/c1-12(26)7-15-16-10-18(23)20(32-22(28)24(2)3)11-19(16)31-21(27)17(15)9-13-5-4-6-14(8-13)25(29)30/h4-6,8,10-12,26H,7,9H2,1-3H3. The number of ether oxygens (including phenoxy) is 1. The highest BCUT2D eigenvalue weighted by Crippen LogP contribution is 2.33. The molecule has 9 nitrogen and oxygen atoms in total. The van der Waals surface area contributed by atoms with Crippen LogP contribution in [-0.2, 0) is 12.8 Å². The molecule has 0 saturated carbocycles. The summed E-state index contributed by atoms with van der Waals surface area (Å²) in [4.78, 5) is 36.5. The molecule has 1 unspecified atom stereocenters. The van der Waals surface area contributed by atoms with Crippen LogP contribution >= 0.6 is 11.6 Å². The molecule has 0 bridgehead atoms. The van der Waals surface area contributed by atoms with E-state index in [0.29, 0.717) is 16.5 Å². The molecule has 3 aromatic rings. The Morgan fingerprint density at radius 1 is 1.28 bits per heavy atom. The van der Waals surface area contributed by atoms with Gasteiger partial charge in [0.05, 0.1) is 16.0 Å². The number of nitro groups is 1. The number of benzene rings is 2. The Bertz CT molecular complexity index is 1250. The second kappa shape index (κ2) is 9.37. The van der Waals surface area contributed by atoms with Crippen molar-refractivity contribution < 1.29 is 24.0 Å². The van der Waals surface area contributed by atoms with Gasteiger partial charge >= 0.3 is 11.7 Å². The molecule has 3 rings (SSSR count). The molecule has 1 atom stereocenters. The number of aliphatic hydroxyl groups is 1. The lowest BCUT2D eigenvalue weighted by atomic mass is 9.94. The number of halogens is 1. The summed E-state index contributed by atoms with van der Waals surface area (Å²) in [5.41, 5.74) is 0.685. The minimum absolute atomic E-state index is 0.0236. The van der Waals surface area contributed by atoms with Crippen LogP contribution in [0.1, 0.15) is 23.6 Å². The van der Waals surface area contributed by atoms with Crippen LogP contribution in [0.2, 0.25) is 5.02 Å². The van der Waals surface area contributed by atoms with Crippen molar-refractivity contribution in [2.24, 2.45) is 0 Å². The van der Waals surface area contributed by atoms with E-state index in [1.54, 1.807) is 13.0 Å². The normalized spacial score (nSPS) is 11.9. The van der Waals surface area contributed by atoms with Crippen LogP contribution in [0.25, 0.3) is 11.0 Å². The van der Waals surface area contributed by atoms with E-state index in [1.807, 2.05) is 0 Å². The first-order valence-electron chi connectivity index (χ1n) is 9.65. The van der Waals surface area contributed by atoms with Crippen LogP contribution in [0.3, 0.4) is 0 Å². The summed E-state index contributed by atoms with van der Waals surface area (Å²) in [7, 11) is 3.02. The van der Waals surface area contributed by atoms with E-state index in [0.717, 1.165) is 0 Å². The first kappa shape index (κ1) is 23.2. The zero-order valence-electron chi connectivity index (χ0n) is 17.6. The number of rotatable bonds is 6. The van der Waals surface area contributed by atoms with E-state index < -0.39 is 22.7 Å². The van der Waals surface area contributed by atoms with Crippen molar-refractivity contribution in [2.75, 3.05) is 14.1 Å². The van der Waals surface area contributed by atoms with Crippen LogP contribution < -0.4 is 10.4 Å². The maximum Gasteiger partial charge on any atom is 0.414 e. The van der Waals surface area contributed by atoms with Gasteiger partial charge in [0.1, 0.15) is 5.58 Å². The maximum atomic E-state index is 12.9. The third-order valence-electron chi connectivity index (χ3n) is 4.74. The average Bonchev–Trinajstić information content (AvgIpc) is 2.71. The fourth-order valence-electron chi connectivity index (χ4n) is 3.26. The van der Waals surface area contributed by atoms with Crippen molar-refractivity contribution in [3.8, 4) is 5.75 Å². The molecule has 1 amide bonds. The highest BCUT2D eigenvalue weighted by Gasteiger charge is 2.20. The lowest BCUT2D eigenvalue weighted by Gasteiger charge is -2.16. The molecule has 1 heterocycles. The number of nitrogens with zero attached hydrogens (tertiary/aromatic N) is 2. The van der Waals surface area contributed by atoms with Gasteiger partial charge in [-0.1, -0.05) is 23.7 Å². The smallest absolute Gasteiger partial charge is 0.414 e. The molecule has 168 valence electrons. The monoisotopic (exact) mass is 460 g/mol. The maximum absolute atomic E-state index is 12.9. The molecule has 1 aromatic heterocycles. The first-order chi connectivity index (χ1) is 15.1. The molecule has 0 radical (unpaired) electrons. The number of fused-ring (bicyclic) bond motifs is 1. The van der Waals surface area contributed by atoms with Gasteiger partial charge in [0.2, 0.25) is 0 Å². The predicted molar refractivity (Wildman–Crippen MR) is 118 cm³/mol. The van der Waals surface area contributed by atoms with Crippen LogP contribution in [0.5, 0.6) is 5.75 Å². The topological polar surface area (TPSA) is 123 Å². The molecule has 0 fully saturated rings. The van der Waals surface area contributed by atoms with Gasteiger partial charge in [-0.25, -0.2) is 9.59 Å². The predicted octanol–water partition coefficient (Wildman–Crippen LogP) is 3.93. The van der Waals surface area contributed by atoms with Gasteiger partial charge in [0, 0.05) is 49.7 Å². The Morgan fingerprint density at radius 2 is 2.00 bits per heavy atom. The largest absolute Gasteiger partial charge is 0.422 e. The van der Waals surface area contributed by atoms with Crippen LogP contribution in [-0.4, -0.2) is 41.2 Å². The Hall–Kier alpha value is -3.43. The summed E-state index contributed by atoms with van der Waals surface area (Å²) in [6.07, 6.45) is -1.25.